The van der Waals surface area contributed by atoms with E-state index in [0.717, 1.165) is 30.0 Å². The topological polar surface area (TPSA) is 83.2 Å². The number of tetrazole rings is 1. The summed E-state index contributed by atoms with van der Waals surface area (Å²) in [6.07, 6.45) is 2.20. The first-order valence-electron chi connectivity index (χ1n) is 8.77. The molecule has 3 aromatic rings. The molecule has 0 spiro atoms. The largest absolute Gasteiger partial charge is 0.391 e. The highest BCUT2D eigenvalue weighted by Crippen LogP contribution is 2.33. The van der Waals surface area contributed by atoms with E-state index in [-0.39, 0.29) is 12.1 Å². The molecule has 1 saturated heterocycles. The maximum absolute atomic E-state index is 10.2. The molecule has 0 bridgehead atoms. The first-order valence-corrected chi connectivity index (χ1v) is 8.77. The molecule has 132 valence electrons. The van der Waals surface area contributed by atoms with Gasteiger partial charge in [-0.1, -0.05) is 29.4 Å². The molecule has 8 heteroatoms. The molecule has 4 heterocycles. The summed E-state index contributed by atoms with van der Waals surface area (Å²) < 4.78 is 1.76. The van der Waals surface area contributed by atoms with Gasteiger partial charge >= 0.3 is 0 Å². The standard InChI is InChI=1S/C18H19N7O/c26-16-9-15-11-23(10-13-5-4-8-19-17(13)24(15)12-16)18-20-21-22-25(18)14-6-2-1-3-7-14/h1-8,15-16,26H,9-12H2/t15-,16+/m0/s1. The average Bonchev–Trinajstić information content (AvgIpc) is 3.26. The van der Waals surface area contributed by atoms with Crippen LogP contribution in [0.25, 0.3) is 5.69 Å². The van der Waals surface area contributed by atoms with Crippen molar-refractivity contribution in [2.24, 2.45) is 0 Å². The molecule has 1 fully saturated rings. The van der Waals surface area contributed by atoms with Gasteiger partial charge in [-0.15, -0.1) is 0 Å². The molecule has 2 aromatic heterocycles. The summed E-state index contributed by atoms with van der Waals surface area (Å²) in [6, 6.07) is 14.1. The van der Waals surface area contributed by atoms with Gasteiger partial charge in [-0.25, -0.2) is 4.98 Å². The monoisotopic (exact) mass is 349 g/mol. The Bertz CT molecular complexity index is 913. The van der Waals surface area contributed by atoms with E-state index in [1.54, 1.807) is 4.68 Å². The van der Waals surface area contributed by atoms with Crippen LogP contribution < -0.4 is 9.80 Å². The third-order valence-electron chi connectivity index (χ3n) is 5.06. The van der Waals surface area contributed by atoms with Crippen LogP contribution in [0.2, 0.25) is 0 Å². The van der Waals surface area contributed by atoms with Gasteiger partial charge in [-0.3, -0.25) is 0 Å². The maximum atomic E-state index is 10.2. The second-order valence-corrected chi connectivity index (χ2v) is 6.79. The Morgan fingerprint density at radius 1 is 1.04 bits per heavy atom. The third kappa shape index (κ3) is 2.50. The number of hydrogen-bond acceptors (Lipinski definition) is 7. The summed E-state index contributed by atoms with van der Waals surface area (Å²) in [5.41, 5.74) is 2.04. The molecule has 2 aliphatic rings. The molecular weight excluding hydrogens is 330 g/mol. The fourth-order valence-corrected chi connectivity index (χ4v) is 3.93. The molecule has 0 aliphatic carbocycles. The van der Waals surface area contributed by atoms with E-state index in [1.807, 2.05) is 42.6 Å². The molecule has 5 rings (SSSR count). The van der Waals surface area contributed by atoms with Crippen molar-refractivity contribution in [1.29, 1.82) is 0 Å². The number of anilines is 2. The van der Waals surface area contributed by atoms with E-state index in [9.17, 15) is 5.11 Å². The number of aliphatic hydroxyl groups excluding tert-OH is 1. The summed E-state index contributed by atoms with van der Waals surface area (Å²) in [5.74, 6) is 1.66. The number of benzene rings is 1. The quantitative estimate of drug-likeness (QED) is 0.739. The van der Waals surface area contributed by atoms with Gasteiger partial charge in [-0.2, -0.15) is 4.68 Å². The van der Waals surface area contributed by atoms with Crippen molar-refractivity contribution < 1.29 is 5.11 Å². The first kappa shape index (κ1) is 15.3. The Labute approximate surface area is 150 Å². The Morgan fingerprint density at radius 2 is 1.92 bits per heavy atom. The summed E-state index contributed by atoms with van der Waals surface area (Å²) in [7, 11) is 0. The van der Waals surface area contributed by atoms with Crippen molar-refractivity contribution in [2.75, 3.05) is 22.9 Å². The van der Waals surface area contributed by atoms with Crippen LogP contribution in [-0.4, -0.2) is 55.5 Å². The zero-order valence-corrected chi connectivity index (χ0v) is 14.2. The van der Waals surface area contributed by atoms with Crippen molar-refractivity contribution in [3.63, 3.8) is 0 Å². The highest BCUT2D eigenvalue weighted by molar-refractivity contribution is 5.54. The minimum absolute atomic E-state index is 0.182. The van der Waals surface area contributed by atoms with Gasteiger partial charge in [-0.05, 0) is 35.0 Å². The molecule has 2 aliphatic heterocycles. The molecule has 0 saturated carbocycles. The van der Waals surface area contributed by atoms with Gasteiger partial charge in [0.2, 0.25) is 0 Å². The minimum Gasteiger partial charge on any atom is -0.391 e. The summed E-state index contributed by atoms with van der Waals surface area (Å²) in [4.78, 5) is 8.98. The number of para-hydroxylation sites is 1. The lowest BCUT2D eigenvalue weighted by Gasteiger charge is -2.26. The number of rotatable bonds is 2. The Kier molecular flexibility index (Phi) is 3.56. The van der Waals surface area contributed by atoms with Crippen molar-refractivity contribution in [2.45, 2.75) is 25.1 Å². The second-order valence-electron chi connectivity index (χ2n) is 6.79. The average molecular weight is 349 g/mol. The predicted octanol–water partition coefficient (Wildman–Crippen LogP) is 1.02. The van der Waals surface area contributed by atoms with E-state index < -0.39 is 0 Å². The number of hydrogen-bond donors (Lipinski definition) is 1. The van der Waals surface area contributed by atoms with Gasteiger partial charge in [0.15, 0.2) is 0 Å². The molecular formula is C18H19N7O. The smallest absolute Gasteiger partial charge is 0.250 e. The van der Waals surface area contributed by atoms with Crippen LogP contribution >= 0.6 is 0 Å². The van der Waals surface area contributed by atoms with Crippen molar-refractivity contribution in [1.82, 2.24) is 25.2 Å². The molecule has 26 heavy (non-hydrogen) atoms. The van der Waals surface area contributed by atoms with E-state index in [4.69, 9.17) is 0 Å². The number of fused-ring (bicyclic) bond motifs is 3. The van der Waals surface area contributed by atoms with E-state index in [1.165, 1.54) is 0 Å². The van der Waals surface area contributed by atoms with Crippen molar-refractivity contribution >= 4 is 11.8 Å². The second kappa shape index (κ2) is 6.06. The van der Waals surface area contributed by atoms with Gasteiger partial charge in [0.1, 0.15) is 5.82 Å². The summed E-state index contributed by atoms with van der Waals surface area (Å²) >= 11 is 0. The van der Waals surface area contributed by atoms with E-state index in [2.05, 4.69) is 36.4 Å². The first-order chi connectivity index (χ1) is 12.8. The highest BCUT2D eigenvalue weighted by atomic mass is 16.3. The molecule has 8 nitrogen and oxygen atoms in total. The number of aromatic nitrogens is 5. The van der Waals surface area contributed by atoms with Gasteiger partial charge in [0.25, 0.3) is 5.95 Å². The number of aliphatic hydroxyl groups is 1. The van der Waals surface area contributed by atoms with E-state index in [0.29, 0.717) is 19.0 Å². The number of pyridine rings is 1. The summed E-state index contributed by atoms with van der Waals surface area (Å²) in [5, 5.41) is 22.6. The molecule has 1 aromatic carbocycles. The predicted molar refractivity (Wildman–Crippen MR) is 96.2 cm³/mol. The van der Waals surface area contributed by atoms with Crippen LogP contribution in [0.4, 0.5) is 11.8 Å². The van der Waals surface area contributed by atoms with Crippen LogP contribution in [0.1, 0.15) is 12.0 Å². The van der Waals surface area contributed by atoms with Crippen LogP contribution in [0.3, 0.4) is 0 Å². The van der Waals surface area contributed by atoms with Crippen LogP contribution in [-0.2, 0) is 6.54 Å². The molecule has 2 atom stereocenters. The van der Waals surface area contributed by atoms with Crippen LogP contribution in [0.15, 0.2) is 48.7 Å². The lowest BCUT2D eigenvalue weighted by Crippen LogP contribution is -2.38. The van der Waals surface area contributed by atoms with Crippen LogP contribution in [0.5, 0.6) is 0 Å². The van der Waals surface area contributed by atoms with Crippen molar-refractivity contribution in [3.05, 3.63) is 54.2 Å². The van der Waals surface area contributed by atoms with Crippen LogP contribution in [0, 0.1) is 0 Å². The maximum Gasteiger partial charge on any atom is 0.250 e. The minimum atomic E-state index is -0.333. The fraction of sp³-hybridized carbons (Fsp3) is 0.333. The van der Waals surface area contributed by atoms with Gasteiger partial charge < -0.3 is 14.9 Å². The van der Waals surface area contributed by atoms with Crippen molar-refractivity contribution in [3.8, 4) is 5.69 Å². The Morgan fingerprint density at radius 3 is 2.81 bits per heavy atom. The molecule has 0 radical (unpaired) electrons. The normalized spacial score (nSPS) is 22.0. The fourth-order valence-electron chi connectivity index (χ4n) is 3.93. The Balaban J connectivity index is 1.56. The van der Waals surface area contributed by atoms with E-state index >= 15 is 0 Å². The van der Waals surface area contributed by atoms with Gasteiger partial charge in [0, 0.05) is 31.4 Å². The zero-order valence-electron chi connectivity index (χ0n) is 14.2. The lowest BCUT2D eigenvalue weighted by atomic mass is 10.2. The Hall–Kier alpha value is -3.00. The third-order valence-corrected chi connectivity index (χ3v) is 5.06. The highest BCUT2D eigenvalue weighted by Gasteiger charge is 2.37. The zero-order chi connectivity index (χ0) is 17.5. The molecule has 1 N–H and O–H groups in total. The molecule has 0 amide bonds. The number of nitrogens with zero attached hydrogens (tertiary/aromatic N) is 7. The van der Waals surface area contributed by atoms with Gasteiger partial charge in [0.05, 0.1) is 17.8 Å². The molecule has 0 unspecified atom stereocenters. The lowest BCUT2D eigenvalue weighted by molar-refractivity contribution is 0.194. The SMILES string of the molecule is O[C@@H]1C[C@H]2CN(c3nnnn3-c3ccccc3)Cc3cccnc3N2C1. The summed E-state index contributed by atoms with van der Waals surface area (Å²) in [6.45, 7) is 2.03.